The molecule has 2 saturated heterocycles. The summed E-state index contributed by atoms with van der Waals surface area (Å²) in [6, 6.07) is -1.16. The Morgan fingerprint density at radius 2 is 1.57 bits per heavy atom. The molecule has 0 aromatic rings. The highest BCUT2D eigenvalue weighted by Crippen LogP contribution is 2.39. The van der Waals surface area contributed by atoms with E-state index in [1.165, 1.54) is 17.1 Å². The number of esters is 1. The first-order valence-corrected chi connectivity index (χ1v) is 26.1. The Bertz CT molecular complexity index is 1830. The minimum absolute atomic E-state index is 0.0436. The van der Waals surface area contributed by atoms with Crippen molar-refractivity contribution in [3.05, 3.63) is 23.3 Å². The number of hydrogen-bond donors (Lipinski definition) is 2. The van der Waals surface area contributed by atoms with Crippen LogP contribution < -0.4 is 0 Å². The average Bonchev–Trinajstić information content (AvgIpc) is 3.32. The third-order valence-corrected chi connectivity index (χ3v) is 15.7. The minimum Gasteiger partial charge on any atom is -0.460 e. The maximum Gasteiger partial charge on any atom is 0.330 e. The molecule has 3 heterocycles. The van der Waals surface area contributed by atoms with Crippen LogP contribution >= 0.6 is 0 Å². The molecule has 2 bridgehead atoms. The van der Waals surface area contributed by atoms with Crippen LogP contribution in [-0.2, 0) is 57.3 Å². The summed E-state index contributed by atoms with van der Waals surface area (Å²) in [6.07, 6.45) is 7.89. The second-order valence-electron chi connectivity index (χ2n) is 21.5. The third-order valence-electron chi connectivity index (χ3n) is 15.7. The molecular formula is C54H88N2O14. The van der Waals surface area contributed by atoms with Crippen LogP contribution in [0.3, 0.4) is 0 Å². The number of hydroxylamine groups is 2. The molecule has 0 aromatic heterocycles. The molecule has 16 nitrogen and oxygen atoms in total. The number of fused-ring (bicyclic) bond motifs is 3. The highest BCUT2D eigenvalue weighted by molar-refractivity contribution is 6.39. The Hall–Kier alpha value is -3.38. The summed E-state index contributed by atoms with van der Waals surface area (Å²) in [5.41, 5.74) is 1.39. The number of nitrogens with zero attached hydrogens (tertiary/aromatic N) is 2. The number of rotatable bonds is 8. The summed E-state index contributed by atoms with van der Waals surface area (Å²) in [7, 11) is 7.85. The van der Waals surface area contributed by atoms with Crippen LogP contribution in [0.2, 0.25) is 0 Å². The molecule has 0 aromatic carbocycles. The van der Waals surface area contributed by atoms with Crippen molar-refractivity contribution in [3.8, 4) is 0 Å². The van der Waals surface area contributed by atoms with Crippen molar-refractivity contribution in [2.75, 3.05) is 42.0 Å². The summed E-state index contributed by atoms with van der Waals surface area (Å²) in [6.45, 7) is 13.0. The lowest BCUT2D eigenvalue weighted by Crippen LogP contribution is -2.61. The first-order valence-electron chi connectivity index (χ1n) is 26.1. The molecule has 3 aliphatic heterocycles. The molecule has 398 valence electrons. The number of carbonyl (C=O) groups excluding carboxylic acids is 6. The van der Waals surface area contributed by atoms with Gasteiger partial charge >= 0.3 is 11.9 Å². The number of piperidine rings is 1. The van der Waals surface area contributed by atoms with Crippen molar-refractivity contribution >= 4 is 35.2 Å². The van der Waals surface area contributed by atoms with E-state index >= 15 is 0 Å². The Balaban J connectivity index is 1.68. The summed E-state index contributed by atoms with van der Waals surface area (Å²) < 4.78 is 29.8. The zero-order valence-corrected chi connectivity index (χ0v) is 44.4. The number of aliphatic hydroxyl groups is 2. The van der Waals surface area contributed by atoms with Crippen LogP contribution in [0.1, 0.15) is 151 Å². The van der Waals surface area contributed by atoms with E-state index in [1.54, 1.807) is 55.2 Å². The number of allylic oxidation sites excluding steroid dienone is 2. The normalized spacial score (nSPS) is 37.9. The second kappa shape index (κ2) is 27.6. The fraction of sp³-hybridized carbons (Fsp3) is 0.815. The van der Waals surface area contributed by atoms with Gasteiger partial charge in [0.2, 0.25) is 5.79 Å². The molecule has 2 N–H and O–H groups in total. The molecule has 15 atom stereocenters. The summed E-state index contributed by atoms with van der Waals surface area (Å²) in [5, 5.41) is 24.9. The maximum atomic E-state index is 14.5. The molecule has 16 heteroatoms. The van der Waals surface area contributed by atoms with Crippen LogP contribution in [0.4, 0.5) is 0 Å². The fourth-order valence-corrected chi connectivity index (χ4v) is 11.2. The van der Waals surface area contributed by atoms with Crippen LogP contribution in [0, 0.1) is 41.4 Å². The highest BCUT2D eigenvalue weighted by atomic mass is 16.7. The number of carbonyl (C=O) groups is 6. The quantitative estimate of drug-likeness (QED) is 0.110. The van der Waals surface area contributed by atoms with E-state index in [-0.39, 0.29) is 66.7 Å². The van der Waals surface area contributed by atoms with Crippen molar-refractivity contribution in [2.45, 2.75) is 200 Å². The lowest BCUT2D eigenvalue weighted by atomic mass is 9.75. The van der Waals surface area contributed by atoms with Gasteiger partial charge in [0.15, 0.2) is 5.78 Å². The molecule has 0 spiro atoms. The zero-order chi connectivity index (χ0) is 52.0. The number of ketones is 3. The first-order chi connectivity index (χ1) is 33.1. The summed E-state index contributed by atoms with van der Waals surface area (Å²) in [4.78, 5) is 90.7. The number of methoxy groups -OCH3 is 3. The Morgan fingerprint density at radius 3 is 2.23 bits per heavy atom. The fourth-order valence-electron chi connectivity index (χ4n) is 11.2. The monoisotopic (exact) mass is 989 g/mol. The van der Waals surface area contributed by atoms with Gasteiger partial charge in [0, 0.05) is 72.6 Å². The maximum absolute atomic E-state index is 14.5. The topological polar surface area (TPSA) is 205 Å². The highest BCUT2D eigenvalue weighted by Gasteiger charge is 2.53. The van der Waals surface area contributed by atoms with Gasteiger partial charge in [0.25, 0.3) is 11.7 Å². The van der Waals surface area contributed by atoms with Gasteiger partial charge in [-0.3, -0.25) is 19.2 Å². The van der Waals surface area contributed by atoms with Gasteiger partial charge < -0.3 is 43.6 Å². The van der Waals surface area contributed by atoms with Gasteiger partial charge in [-0.05, 0) is 120 Å². The number of cyclic esters (lactones) is 1. The van der Waals surface area contributed by atoms with Crippen molar-refractivity contribution < 1.29 is 67.5 Å². The molecule has 3 fully saturated rings. The number of amides is 1. The van der Waals surface area contributed by atoms with Crippen LogP contribution in [0.5, 0.6) is 0 Å². The van der Waals surface area contributed by atoms with E-state index in [0.29, 0.717) is 69.8 Å². The summed E-state index contributed by atoms with van der Waals surface area (Å²) in [5.74, 6) is -8.61. The number of aliphatic hydroxyl groups excluding tert-OH is 1. The first kappa shape index (κ1) is 59.2. The molecular weight excluding hydrogens is 901 g/mol. The molecule has 70 heavy (non-hydrogen) atoms. The molecule has 1 amide bonds. The molecule has 4 aliphatic rings. The number of Topliss-reactive ketones (excluding diaryl/α,β-unsaturated/α-hetero) is 3. The van der Waals surface area contributed by atoms with E-state index in [4.69, 9.17) is 28.5 Å². The number of hydrogen-bond acceptors (Lipinski definition) is 15. The van der Waals surface area contributed by atoms with Crippen LogP contribution in [-0.4, -0.2) is 146 Å². The van der Waals surface area contributed by atoms with E-state index in [0.717, 1.165) is 31.3 Å². The standard InChI is InChI=1S/C54H88N2O14/c1-32-18-14-13-15-19-33(2)44(65-10)30-40-23-21-38(7)54(64,69-40)50(60)51(61)56-25-17-16-20-42(56)53(63)68-45(35(4)28-39-22-24-41(46(29-39)66-11)52(62)70-55(8)9)31-43(57)34(3)27-37(6)48(59)49(67-12)47(58)36(5)26-32/h19,27,32,34-36,38-42,44-46,48-49,59,64H,13-18,20-26,28-31H2,1-12H3/b33-19+,37-27+/t32-,34-,35-,36-,38-,39+,40+,41-,42+,44+,45+,46-,48-,49+,54-/m1/s1. The van der Waals surface area contributed by atoms with E-state index in [9.17, 15) is 39.0 Å². The van der Waals surface area contributed by atoms with Gasteiger partial charge in [0.05, 0.1) is 24.2 Å². The van der Waals surface area contributed by atoms with Crippen molar-refractivity contribution in [2.24, 2.45) is 41.4 Å². The van der Waals surface area contributed by atoms with E-state index in [1.807, 2.05) is 20.8 Å². The lowest BCUT2D eigenvalue weighted by Gasteiger charge is -2.42. The second-order valence-corrected chi connectivity index (χ2v) is 21.5. The van der Waals surface area contributed by atoms with Gasteiger partial charge in [0.1, 0.15) is 30.1 Å². The molecule has 0 unspecified atom stereocenters. The van der Waals surface area contributed by atoms with Crippen molar-refractivity contribution in [1.82, 2.24) is 9.96 Å². The third kappa shape index (κ3) is 15.8. The van der Waals surface area contributed by atoms with Crippen LogP contribution in [0.25, 0.3) is 0 Å². The Kier molecular flexibility index (Phi) is 23.3. The van der Waals surface area contributed by atoms with E-state index < -0.39 is 77.8 Å². The molecule has 1 aliphatic carbocycles. The minimum atomic E-state index is -2.42. The lowest BCUT2D eigenvalue weighted by molar-refractivity contribution is -0.265. The van der Waals surface area contributed by atoms with Gasteiger partial charge in [-0.2, -0.15) is 0 Å². The van der Waals surface area contributed by atoms with Gasteiger partial charge in [-0.25, -0.2) is 9.59 Å². The van der Waals surface area contributed by atoms with Crippen molar-refractivity contribution in [3.63, 3.8) is 0 Å². The van der Waals surface area contributed by atoms with Crippen molar-refractivity contribution in [1.29, 1.82) is 0 Å². The molecule has 1 saturated carbocycles. The SMILES string of the molecule is CO[C@H]1C[C@@H]2CC[C@@H](C)[C@@](O)(O2)C(=O)C(=O)N2CCCC[C@H]2C(=O)O[C@H]([C@H](C)C[C@@H]2CC[C@@H](C(=O)ON(C)C)[C@H](OC)C2)CC(=O)[C@H](C)/C=C(\C)[C@@H](O)[C@@H](OC)C(=O)[C@H](C)C[C@H](C)CCCC/C=C/1C. The Morgan fingerprint density at radius 1 is 0.871 bits per heavy atom. The predicted molar refractivity (Wildman–Crippen MR) is 263 cm³/mol. The average molecular weight is 989 g/mol. The van der Waals surface area contributed by atoms with Gasteiger partial charge in [-0.1, -0.05) is 59.6 Å². The van der Waals surface area contributed by atoms with Gasteiger partial charge in [-0.15, -0.1) is 5.06 Å². The predicted octanol–water partition coefficient (Wildman–Crippen LogP) is 6.90. The number of ether oxygens (including phenoxy) is 5. The largest absolute Gasteiger partial charge is 0.460 e. The molecule has 0 radical (unpaired) electrons. The zero-order valence-electron chi connectivity index (χ0n) is 44.4. The smallest absolute Gasteiger partial charge is 0.330 e. The Labute approximate surface area is 417 Å². The van der Waals surface area contributed by atoms with E-state index in [2.05, 4.69) is 13.0 Å². The molecule has 4 rings (SSSR count). The summed E-state index contributed by atoms with van der Waals surface area (Å²) >= 11 is 0. The van der Waals surface area contributed by atoms with Crippen LogP contribution in [0.15, 0.2) is 23.3 Å².